The minimum absolute atomic E-state index is 0.159. The molecule has 2 N–H and O–H groups in total. The second kappa shape index (κ2) is 7.94. The lowest BCUT2D eigenvalue weighted by Crippen LogP contribution is -2.63. The second-order valence-corrected chi connectivity index (χ2v) is 7.61. The van der Waals surface area contributed by atoms with Crippen LogP contribution in [0.25, 0.3) is 0 Å². The minimum atomic E-state index is -0.476. The van der Waals surface area contributed by atoms with Gasteiger partial charge in [-0.1, -0.05) is 6.07 Å². The van der Waals surface area contributed by atoms with Gasteiger partial charge in [0.15, 0.2) is 17.5 Å². The number of ether oxygens (including phenoxy) is 3. The molecule has 1 aromatic carbocycles. The molecular weight excluding hydrogens is 348 g/mol. The van der Waals surface area contributed by atoms with E-state index in [2.05, 4.69) is 15.6 Å². The third-order valence-corrected chi connectivity index (χ3v) is 4.08. The van der Waals surface area contributed by atoms with Crippen LogP contribution in [0.4, 0.5) is 4.79 Å². The molecule has 8 heteroatoms. The van der Waals surface area contributed by atoms with Gasteiger partial charge in [0.25, 0.3) is 0 Å². The first-order valence-electron chi connectivity index (χ1n) is 9.25. The molecule has 0 saturated carbocycles. The summed E-state index contributed by atoms with van der Waals surface area (Å²) in [5.74, 6) is 2.25. The molecule has 0 aliphatic carbocycles. The van der Waals surface area contributed by atoms with E-state index in [1.54, 1.807) is 4.90 Å². The highest BCUT2D eigenvalue weighted by Gasteiger charge is 2.34. The third-order valence-electron chi connectivity index (χ3n) is 4.08. The number of likely N-dealkylation sites (tertiary alicyclic amines) is 1. The minimum Gasteiger partial charge on any atom is -0.454 e. The fourth-order valence-corrected chi connectivity index (χ4v) is 2.77. The molecule has 1 aromatic rings. The van der Waals surface area contributed by atoms with Crippen molar-refractivity contribution in [2.24, 2.45) is 4.99 Å². The number of nitrogens with one attached hydrogen (secondary N) is 2. The van der Waals surface area contributed by atoms with Crippen molar-refractivity contribution in [1.82, 2.24) is 15.5 Å². The normalized spacial score (nSPS) is 16.7. The zero-order valence-corrected chi connectivity index (χ0v) is 16.4. The van der Waals surface area contributed by atoms with E-state index in [0.717, 1.165) is 29.6 Å². The molecule has 2 heterocycles. The van der Waals surface area contributed by atoms with Gasteiger partial charge in [0.1, 0.15) is 5.60 Å². The van der Waals surface area contributed by atoms with Crippen LogP contribution in [0, 0.1) is 0 Å². The van der Waals surface area contributed by atoms with E-state index in [1.165, 1.54) is 0 Å². The molecule has 0 atom stereocenters. The second-order valence-electron chi connectivity index (χ2n) is 7.61. The fraction of sp³-hybridized carbons (Fsp3) is 0.579. The number of rotatable bonds is 4. The maximum Gasteiger partial charge on any atom is 0.410 e. The van der Waals surface area contributed by atoms with Crippen molar-refractivity contribution in [3.05, 3.63) is 23.8 Å². The molecule has 0 spiro atoms. The highest BCUT2D eigenvalue weighted by molar-refractivity contribution is 5.80. The Bertz CT molecular complexity index is 708. The van der Waals surface area contributed by atoms with E-state index in [9.17, 15) is 4.79 Å². The van der Waals surface area contributed by atoms with Gasteiger partial charge in [-0.05, 0) is 45.4 Å². The Morgan fingerprint density at radius 1 is 1.30 bits per heavy atom. The van der Waals surface area contributed by atoms with Crippen LogP contribution in [0.5, 0.6) is 11.5 Å². The molecule has 2 aliphatic heterocycles. The molecule has 1 fully saturated rings. The summed E-state index contributed by atoms with van der Waals surface area (Å²) in [4.78, 5) is 18.3. The topological polar surface area (TPSA) is 84.4 Å². The maximum absolute atomic E-state index is 12.0. The molecule has 0 aromatic heterocycles. The van der Waals surface area contributed by atoms with Gasteiger partial charge >= 0.3 is 6.09 Å². The Hall–Kier alpha value is -2.64. The van der Waals surface area contributed by atoms with Crippen molar-refractivity contribution < 1.29 is 19.0 Å². The monoisotopic (exact) mass is 376 g/mol. The van der Waals surface area contributed by atoms with Crippen LogP contribution in [0.2, 0.25) is 0 Å². The molecule has 1 saturated heterocycles. The standard InChI is InChI=1S/C19H28N4O4/c1-5-20-17(21-9-13-6-7-15-16(8-13)26-12-25-15)22-14-10-23(11-14)18(24)27-19(2,3)4/h6-8,14H,5,9-12H2,1-4H3,(H2,20,21,22). The van der Waals surface area contributed by atoms with Gasteiger partial charge in [0, 0.05) is 19.6 Å². The lowest BCUT2D eigenvalue weighted by atomic mass is 10.1. The number of benzene rings is 1. The molecular formula is C19H28N4O4. The molecule has 0 bridgehead atoms. The predicted molar refractivity (Wildman–Crippen MR) is 102 cm³/mol. The number of guanidine groups is 1. The number of hydrogen-bond acceptors (Lipinski definition) is 5. The first-order chi connectivity index (χ1) is 12.8. The smallest absolute Gasteiger partial charge is 0.410 e. The molecule has 2 aliphatic rings. The molecule has 148 valence electrons. The van der Waals surface area contributed by atoms with Crippen LogP contribution >= 0.6 is 0 Å². The van der Waals surface area contributed by atoms with Crippen LogP contribution < -0.4 is 20.1 Å². The predicted octanol–water partition coefficient (Wildman–Crippen LogP) is 2.09. The van der Waals surface area contributed by atoms with Crippen LogP contribution in [0.3, 0.4) is 0 Å². The van der Waals surface area contributed by atoms with E-state index in [0.29, 0.717) is 19.6 Å². The molecule has 0 unspecified atom stereocenters. The van der Waals surface area contributed by atoms with Crippen LogP contribution in [-0.4, -0.2) is 55.0 Å². The molecule has 3 rings (SSSR count). The van der Waals surface area contributed by atoms with E-state index in [4.69, 9.17) is 14.2 Å². The number of carbonyl (C=O) groups is 1. The quantitative estimate of drug-likeness (QED) is 0.618. The number of hydrogen-bond donors (Lipinski definition) is 2. The summed E-state index contributed by atoms with van der Waals surface area (Å²) in [7, 11) is 0. The number of fused-ring (bicyclic) bond motifs is 1. The maximum atomic E-state index is 12.0. The van der Waals surface area contributed by atoms with Crippen molar-refractivity contribution >= 4 is 12.1 Å². The Labute approximate surface area is 159 Å². The van der Waals surface area contributed by atoms with Crippen LogP contribution in [-0.2, 0) is 11.3 Å². The summed E-state index contributed by atoms with van der Waals surface area (Å²) in [5, 5.41) is 6.59. The van der Waals surface area contributed by atoms with E-state index >= 15 is 0 Å². The summed E-state index contributed by atoms with van der Waals surface area (Å²) in [6, 6.07) is 5.99. The van der Waals surface area contributed by atoms with Crippen molar-refractivity contribution in [2.75, 3.05) is 26.4 Å². The van der Waals surface area contributed by atoms with E-state index in [1.807, 2.05) is 45.9 Å². The van der Waals surface area contributed by atoms with Gasteiger partial charge in [-0.3, -0.25) is 0 Å². The Kier molecular flexibility index (Phi) is 5.62. The Balaban J connectivity index is 1.51. The van der Waals surface area contributed by atoms with Crippen molar-refractivity contribution in [2.45, 2.75) is 45.9 Å². The molecule has 0 radical (unpaired) electrons. The third kappa shape index (κ3) is 5.18. The average Bonchev–Trinajstić information content (AvgIpc) is 3.01. The van der Waals surface area contributed by atoms with Crippen LogP contribution in [0.1, 0.15) is 33.3 Å². The number of carbonyl (C=O) groups excluding carboxylic acids is 1. The summed E-state index contributed by atoms with van der Waals surface area (Å²) in [6.45, 7) is 10.4. The fourth-order valence-electron chi connectivity index (χ4n) is 2.77. The van der Waals surface area contributed by atoms with Crippen molar-refractivity contribution in [3.63, 3.8) is 0 Å². The number of amides is 1. The zero-order chi connectivity index (χ0) is 19.4. The summed E-state index contributed by atoms with van der Waals surface area (Å²) in [5.41, 5.74) is 0.566. The van der Waals surface area contributed by atoms with Crippen molar-refractivity contribution in [3.8, 4) is 11.5 Å². The Morgan fingerprint density at radius 2 is 2.04 bits per heavy atom. The summed E-state index contributed by atoms with van der Waals surface area (Å²) in [6.07, 6.45) is -0.275. The lowest BCUT2D eigenvalue weighted by Gasteiger charge is -2.40. The van der Waals surface area contributed by atoms with Gasteiger partial charge < -0.3 is 29.7 Å². The van der Waals surface area contributed by atoms with Gasteiger partial charge in [-0.15, -0.1) is 0 Å². The average molecular weight is 376 g/mol. The summed E-state index contributed by atoms with van der Waals surface area (Å²) >= 11 is 0. The number of nitrogens with zero attached hydrogens (tertiary/aromatic N) is 2. The largest absolute Gasteiger partial charge is 0.454 e. The van der Waals surface area contributed by atoms with Crippen molar-refractivity contribution in [1.29, 1.82) is 0 Å². The van der Waals surface area contributed by atoms with Gasteiger partial charge in [0.05, 0.1) is 12.6 Å². The van der Waals surface area contributed by atoms with E-state index in [-0.39, 0.29) is 18.9 Å². The van der Waals surface area contributed by atoms with E-state index < -0.39 is 5.60 Å². The molecule has 1 amide bonds. The van der Waals surface area contributed by atoms with Gasteiger partial charge in [-0.2, -0.15) is 0 Å². The highest BCUT2D eigenvalue weighted by Crippen LogP contribution is 2.32. The van der Waals surface area contributed by atoms with Crippen LogP contribution in [0.15, 0.2) is 23.2 Å². The first-order valence-corrected chi connectivity index (χ1v) is 9.25. The van der Waals surface area contributed by atoms with Gasteiger partial charge in [0.2, 0.25) is 6.79 Å². The number of aliphatic imine (C=N–C) groups is 1. The Morgan fingerprint density at radius 3 is 2.74 bits per heavy atom. The SMILES string of the molecule is CCNC(=NCc1ccc2c(c1)OCO2)NC1CN(C(=O)OC(C)(C)C)C1. The lowest BCUT2D eigenvalue weighted by molar-refractivity contribution is 0.00700. The zero-order valence-electron chi connectivity index (χ0n) is 16.4. The van der Waals surface area contributed by atoms with Gasteiger partial charge in [-0.25, -0.2) is 9.79 Å². The summed E-state index contributed by atoms with van der Waals surface area (Å²) < 4.78 is 16.1. The first kappa shape index (κ1) is 19.1. The molecule has 8 nitrogen and oxygen atoms in total. The molecule has 27 heavy (non-hydrogen) atoms. The highest BCUT2D eigenvalue weighted by atomic mass is 16.7.